The van der Waals surface area contributed by atoms with E-state index in [2.05, 4.69) is 0 Å². The van der Waals surface area contributed by atoms with Gasteiger partial charge in [0.15, 0.2) is 5.75 Å². The van der Waals surface area contributed by atoms with Gasteiger partial charge in [0.2, 0.25) is 0 Å². The molecule has 0 bridgehead atoms. The lowest BCUT2D eigenvalue weighted by Gasteiger charge is -2.04. The Bertz CT molecular complexity index is 578. The van der Waals surface area contributed by atoms with Crippen LogP contribution >= 0.6 is 0 Å². The van der Waals surface area contributed by atoms with E-state index < -0.39 is 5.97 Å². The van der Waals surface area contributed by atoms with Crippen LogP contribution in [0.2, 0.25) is 0 Å². The summed E-state index contributed by atoms with van der Waals surface area (Å²) in [6.45, 7) is 0.349. The van der Waals surface area contributed by atoms with Crippen molar-refractivity contribution in [2.24, 2.45) is 0 Å². The highest BCUT2D eigenvalue weighted by Crippen LogP contribution is 2.27. The highest BCUT2D eigenvalue weighted by Gasteiger charge is 2.17. The maximum Gasteiger partial charge on any atom is 0.343 e. The predicted octanol–water partition coefficient (Wildman–Crippen LogP) is 2.73. The zero-order valence-corrected chi connectivity index (χ0v) is 9.46. The molecule has 4 nitrogen and oxygen atoms in total. The molecule has 0 saturated heterocycles. The highest BCUT2D eigenvalue weighted by molar-refractivity contribution is 5.91. The van der Waals surface area contributed by atoms with Crippen LogP contribution in [0.1, 0.15) is 15.9 Å². The van der Waals surface area contributed by atoms with Crippen LogP contribution in [0.25, 0.3) is 0 Å². The Morgan fingerprint density at radius 1 is 1.11 bits per heavy atom. The van der Waals surface area contributed by atoms with Gasteiger partial charge in [0.25, 0.3) is 0 Å². The van der Waals surface area contributed by atoms with Gasteiger partial charge in [-0.1, -0.05) is 18.2 Å². The van der Waals surface area contributed by atoms with Crippen molar-refractivity contribution >= 4 is 5.97 Å². The molecule has 0 amide bonds. The maximum atomic E-state index is 11.9. The Labute approximate surface area is 104 Å². The van der Waals surface area contributed by atoms with Gasteiger partial charge in [0, 0.05) is 5.56 Å². The molecule has 0 saturated carbocycles. The van der Waals surface area contributed by atoms with E-state index >= 15 is 0 Å². The van der Waals surface area contributed by atoms with Gasteiger partial charge in [-0.2, -0.15) is 4.89 Å². The van der Waals surface area contributed by atoms with Crippen LogP contribution in [0.4, 0.5) is 0 Å². The first-order chi connectivity index (χ1) is 8.83. The molecule has 0 aliphatic carbocycles. The summed E-state index contributed by atoms with van der Waals surface area (Å²) in [5, 5.41) is 0. The fraction of sp³-hybridized carbons (Fsp3) is 0.0714. The quantitative estimate of drug-likeness (QED) is 0.461. The number of rotatable bonds is 2. The second-order valence-electron chi connectivity index (χ2n) is 3.87. The third kappa shape index (κ3) is 2.06. The molecule has 1 heterocycles. The van der Waals surface area contributed by atoms with Crippen LogP contribution in [-0.4, -0.2) is 5.97 Å². The number of para-hydroxylation sites is 1. The fourth-order valence-corrected chi connectivity index (χ4v) is 1.71. The van der Waals surface area contributed by atoms with E-state index in [0.29, 0.717) is 23.7 Å². The van der Waals surface area contributed by atoms with E-state index in [1.807, 2.05) is 18.2 Å². The lowest BCUT2D eigenvalue weighted by atomic mass is 10.1. The highest BCUT2D eigenvalue weighted by atomic mass is 17.2. The first-order valence-electron chi connectivity index (χ1n) is 5.52. The number of fused-ring (bicyclic) bond motifs is 1. The standard InChI is InChI=1S/C14H10O4/c15-14(17-12-4-2-1-3-5-12)10-6-7-13-11(8-10)9-16-18-13/h1-8H,9H2. The fourth-order valence-electron chi connectivity index (χ4n) is 1.71. The summed E-state index contributed by atoms with van der Waals surface area (Å²) in [6.07, 6.45) is 0. The number of esters is 1. The van der Waals surface area contributed by atoms with Crippen LogP contribution in [0, 0.1) is 0 Å². The molecule has 18 heavy (non-hydrogen) atoms. The number of carbonyl (C=O) groups excluding carboxylic acids is 1. The third-order valence-electron chi connectivity index (χ3n) is 2.61. The van der Waals surface area contributed by atoms with E-state index in [1.165, 1.54) is 0 Å². The second kappa shape index (κ2) is 4.50. The van der Waals surface area contributed by atoms with E-state index in [1.54, 1.807) is 30.3 Å². The summed E-state index contributed by atoms with van der Waals surface area (Å²) in [4.78, 5) is 21.6. The summed E-state index contributed by atoms with van der Waals surface area (Å²) in [5.74, 6) is 0.776. The van der Waals surface area contributed by atoms with Gasteiger partial charge in [-0.3, -0.25) is 0 Å². The van der Waals surface area contributed by atoms with Crippen LogP contribution in [0.5, 0.6) is 11.5 Å². The monoisotopic (exact) mass is 242 g/mol. The average Bonchev–Trinajstić information content (AvgIpc) is 2.87. The van der Waals surface area contributed by atoms with Gasteiger partial charge in [-0.25, -0.2) is 4.79 Å². The molecule has 0 unspecified atom stereocenters. The van der Waals surface area contributed by atoms with E-state index in [9.17, 15) is 4.79 Å². The molecule has 90 valence electrons. The van der Waals surface area contributed by atoms with E-state index in [4.69, 9.17) is 14.5 Å². The minimum atomic E-state index is -0.393. The molecule has 0 aromatic heterocycles. The second-order valence-corrected chi connectivity index (χ2v) is 3.87. The van der Waals surface area contributed by atoms with Crippen molar-refractivity contribution in [3.63, 3.8) is 0 Å². The summed E-state index contributed by atoms with van der Waals surface area (Å²) in [6, 6.07) is 14.0. The molecule has 2 aromatic carbocycles. The lowest BCUT2D eigenvalue weighted by Crippen LogP contribution is -2.08. The molecule has 1 aliphatic rings. The van der Waals surface area contributed by atoms with Gasteiger partial charge < -0.3 is 9.62 Å². The van der Waals surface area contributed by atoms with Crippen LogP contribution in [-0.2, 0) is 11.5 Å². The molecule has 0 atom stereocenters. The summed E-state index contributed by atoms with van der Waals surface area (Å²) in [7, 11) is 0. The minimum Gasteiger partial charge on any atom is -0.423 e. The molecule has 0 radical (unpaired) electrons. The Kier molecular flexibility index (Phi) is 2.70. The number of benzene rings is 2. The maximum absolute atomic E-state index is 11.9. The minimum absolute atomic E-state index is 0.349. The van der Waals surface area contributed by atoms with Crippen molar-refractivity contribution in [2.45, 2.75) is 6.61 Å². The van der Waals surface area contributed by atoms with Crippen LogP contribution in [0.15, 0.2) is 48.5 Å². The molecule has 0 fully saturated rings. The van der Waals surface area contributed by atoms with Crippen molar-refractivity contribution in [3.05, 3.63) is 59.7 Å². The molecule has 4 heteroatoms. The van der Waals surface area contributed by atoms with Gasteiger partial charge in [-0.05, 0) is 30.3 Å². The van der Waals surface area contributed by atoms with Crippen LogP contribution < -0.4 is 9.62 Å². The normalized spacial score (nSPS) is 12.7. The van der Waals surface area contributed by atoms with E-state index in [-0.39, 0.29) is 0 Å². The predicted molar refractivity (Wildman–Crippen MR) is 63.3 cm³/mol. The van der Waals surface area contributed by atoms with Gasteiger partial charge in [0.05, 0.1) is 5.56 Å². The van der Waals surface area contributed by atoms with Gasteiger partial charge in [0.1, 0.15) is 12.4 Å². The number of carbonyl (C=O) groups is 1. The zero-order valence-electron chi connectivity index (χ0n) is 9.46. The summed E-state index contributed by atoms with van der Waals surface area (Å²) in [5.41, 5.74) is 1.32. The summed E-state index contributed by atoms with van der Waals surface area (Å²) >= 11 is 0. The molecular weight excluding hydrogens is 232 g/mol. The third-order valence-corrected chi connectivity index (χ3v) is 2.61. The first kappa shape index (κ1) is 10.8. The van der Waals surface area contributed by atoms with Gasteiger partial charge >= 0.3 is 5.97 Å². The lowest BCUT2D eigenvalue weighted by molar-refractivity contribution is -0.194. The van der Waals surface area contributed by atoms with E-state index in [0.717, 1.165) is 5.56 Å². The van der Waals surface area contributed by atoms with Crippen molar-refractivity contribution in [3.8, 4) is 11.5 Å². The topological polar surface area (TPSA) is 44.8 Å². The molecule has 2 aromatic rings. The zero-order chi connectivity index (χ0) is 12.4. The smallest absolute Gasteiger partial charge is 0.343 e. The van der Waals surface area contributed by atoms with Crippen molar-refractivity contribution < 1.29 is 19.3 Å². The number of ether oxygens (including phenoxy) is 1. The number of hydrogen-bond donors (Lipinski definition) is 0. The Hall–Kier alpha value is -2.33. The van der Waals surface area contributed by atoms with Gasteiger partial charge in [-0.15, -0.1) is 0 Å². The Morgan fingerprint density at radius 3 is 2.78 bits per heavy atom. The van der Waals surface area contributed by atoms with Crippen molar-refractivity contribution in [1.82, 2.24) is 0 Å². The Balaban J connectivity index is 1.81. The molecule has 1 aliphatic heterocycles. The molecule has 3 rings (SSSR count). The molecule has 0 N–H and O–H groups in total. The van der Waals surface area contributed by atoms with Crippen LogP contribution in [0.3, 0.4) is 0 Å². The summed E-state index contributed by atoms with van der Waals surface area (Å²) < 4.78 is 5.24. The molecule has 0 spiro atoms. The SMILES string of the molecule is O=C(Oc1ccccc1)c1ccc2c(c1)COO2. The van der Waals surface area contributed by atoms with Crippen molar-refractivity contribution in [2.75, 3.05) is 0 Å². The average molecular weight is 242 g/mol. The first-order valence-corrected chi connectivity index (χ1v) is 5.52. The Morgan fingerprint density at radius 2 is 1.94 bits per heavy atom. The number of hydrogen-bond acceptors (Lipinski definition) is 4. The largest absolute Gasteiger partial charge is 0.423 e. The van der Waals surface area contributed by atoms with Crippen molar-refractivity contribution in [1.29, 1.82) is 0 Å². The molecular formula is C14H10O4.